The minimum atomic E-state index is -0.330. The highest BCUT2D eigenvalue weighted by Crippen LogP contribution is 2.14. The highest BCUT2D eigenvalue weighted by molar-refractivity contribution is 5.76. The van der Waals surface area contributed by atoms with Gasteiger partial charge >= 0.3 is 5.63 Å². The Morgan fingerprint density at radius 3 is 3.00 bits per heavy atom. The third kappa shape index (κ3) is 2.38. The van der Waals surface area contributed by atoms with Gasteiger partial charge in [-0.2, -0.15) is 0 Å². The zero-order valence-electron chi connectivity index (χ0n) is 8.81. The van der Waals surface area contributed by atoms with Crippen molar-refractivity contribution in [3.8, 4) is 0 Å². The summed E-state index contributed by atoms with van der Waals surface area (Å²) in [6.07, 6.45) is 1.71. The van der Waals surface area contributed by atoms with Crippen LogP contribution in [-0.2, 0) is 11.3 Å². The molecule has 0 N–H and O–H groups in total. The standard InChI is InChI=1S/C13H12O3/c1-2-7-15-9-10-3-5-12-11(8-10)4-6-13(14)16-12/h2-6,8H,1,7,9H2. The zero-order chi connectivity index (χ0) is 11.4. The molecule has 0 spiro atoms. The van der Waals surface area contributed by atoms with Crippen LogP contribution in [0.1, 0.15) is 5.56 Å². The second kappa shape index (κ2) is 4.77. The van der Waals surface area contributed by atoms with Crippen LogP contribution in [0.5, 0.6) is 0 Å². The van der Waals surface area contributed by atoms with Gasteiger partial charge in [0.2, 0.25) is 0 Å². The lowest BCUT2D eigenvalue weighted by Gasteiger charge is -2.02. The zero-order valence-corrected chi connectivity index (χ0v) is 8.81. The normalized spacial score (nSPS) is 10.5. The van der Waals surface area contributed by atoms with Crippen molar-refractivity contribution in [3.05, 3.63) is 59.0 Å². The number of fused-ring (bicyclic) bond motifs is 1. The maximum absolute atomic E-state index is 11.0. The Hall–Kier alpha value is -1.87. The largest absolute Gasteiger partial charge is 0.423 e. The second-order valence-corrected chi connectivity index (χ2v) is 3.43. The highest BCUT2D eigenvalue weighted by Gasteiger charge is 1.99. The molecule has 0 aliphatic rings. The molecule has 1 aromatic heterocycles. The van der Waals surface area contributed by atoms with Crippen LogP contribution in [0.4, 0.5) is 0 Å². The van der Waals surface area contributed by atoms with Gasteiger partial charge in [-0.1, -0.05) is 12.1 Å². The van der Waals surface area contributed by atoms with Gasteiger partial charge < -0.3 is 9.15 Å². The van der Waals surface area contributed by atoms with E-state index in [0.717, 1.165) is 10.9 Å². The lowest BCUT2D eigenvalue weighted by molar-refractivity contribution is 0.149. The Bertz CT molecular complexity index is 554. The van der Waals surface area contributed by atoms with Crippen LogP contribution in [-0.4, -0.2) is 6.61 Å². The summed E-state index contributed by atoms with van der Waals surface area (Å²) in [5, 5.41) is 0.902. The predicted molar refractivity (Wildman–Crippen MR) is 62.3 cm³/mol. The molecule has 3 nitrogen and oxygen atoms in total. The van der Waals surface area contributed by atoms with Crippen molar-refractivity contribution in [2.24, 2.45) is 0 Å². The fraction of sp³-hybridized carbons (Fsp3) is 0.154. The van der Waals surface area contributed by atoms with Gasteiger partial charge in [0.15, 0.2) is 0 Å². The van der Waals surface area contributed by atoms with Crippen molar-refractivity contribution >= 4 is 11.0 Å². The van der Waals surface area contributed by atoms with Crippen LogP contribution in [0.25, 0.3) is 11.0 Å². The van der Waals surface area contributed by atoms with Gasteiger partial charge in [-0.15, -0.1) is 6.58 Å². The van der Waals surface area contributed by atoms with Crippen LogP contribution in [0.2, 0.25) is 0 Å². The molecule has 3 heteroatoms. The van der Waals surface area contributed by atoms with Gasteiger partial charge in [0.1, 0.15) is 5.58 Å². The summed E-state index contributed by atoms with van der Waals surface area (Å²) in [5.74, 6) is 0. The molecule has 0 atom stereocenters. The molecule has 1 aromatic carbocycles. The fourth-order valence-electron chi connectivity index (χ4n) is 1.47. The summed E-state index contributed by atoms with van der Waals surface area (Å²) in [5.41, 5.74) is 1.31. The van der Waals surface area contributed by atoms with Crippen LogP contribution in [0.15, 0.2) is 52.2 Å². The molecule has 0 aliphatic heterocycles. The quantitative estimate of drug-likeness (QED) is 0.448. The van der Waals surface area contributed by atoms with E-state index in [9.17, 15) is 4.79 Å². The van der Waals surface area contributed by atoms with Crippen molar-refractivity contribution < 1.29 is 9.15 Å². The van der Waals surface area contributed by atoms with E-state index in [1.54, 1.807) is 18.2 Å². The summed E-state index contributed by atoms with van der Waals surface area (Å²) < 4.78 is 10.4. The molecule has 1 heterocycles. The molecule has 0 saturated carbocycles. The molecule has 0 amide bonds. The van der Waals surface area contributed by atoms with E-state index < -0.39 is 0 Å². The Kier molecular flexibility index (Phi) is 3.17. The van der Waals surface area contributed by atoms with Crippen LogP contribution < -0.4 is 5.63 Å². The molecule has 0 radical (unpaired) electrons. The number of hydrogen-bond donors (Lipinski definition) is 0. The number of benzene rings is 1. The summed E-state index contributed by atoms with van der Waals surface area (Å²) in [7, 11) is 0. The van der Waals surface area contributed by atoms with Gasteiger partial charge in [-0.05, 0) is 23.8 Å². The number of ether oxygens (including phenoxy) is 1. The Morgan fingerprint density at radius 2 is 2.19 bits per heavy atom. The van der Waals surface area contributed by atoms with Crippen molar-refractivity contribution in [1.29, 1.82) is 0 Å². The molecule has 0 saturated heterocycles. The average molecular weight is 216 g/mol. The maximum atomic E-state index is 11.0. The van der Waals surface area contributed by atoms with E-state index >= 15 is 0 Å². The van der Waals surface area contributed by atoms with Gasteiger partial charge in [-0.25, -0.2) is 4.79 Å². The minimum absolute atomic E-state index is 0.330. The Labute approximate surface area is 93.0 Å². The summed E-state index contributed by atoms with van der Waals surface area (Å²) in [6, 6.07) is 8.77. The number of hydrogen-bond acceptors (Lipinski definition) is 3. The first-order valence-corrected chi connectivity index (χ1v) is 5.01. The van der Waals surface area contributed by atoms with Gasteiger partial charge in [0.05, 0.1) is 13.2 Å². The molecule has 16 heavy (non-hydrogen) atoms. The first-order valence-electron chi connectivity index (χ1n) is 5.01. The van der Waals surface area contributed by atoms with Crippen molar-refractivity contribution in [1.82, 2.24) is 0 Å². The van der Waals surface area contributed by atoms with E-state index in [1.807, 2.05) is 12.1 Å². The van der Waals surface area contributed by atoms with Gasteiger partial charge in [0.25, 0.3) is 0 Å². The smallest absolute Gasteiger partial charge is 0.336 e. The van der Waals surface area contributed by atoms with E-state index in [1.165, 1.54) is 6.07 Å². The number of rotatable bonds is 4. The van der Waals surface area contributed by atoms with Crippen molar-refractivity contribution in [3.63, 3.8) is 0 Å². The molecule has 0 unspecified atom stereocenters. The molecular formula is C13H12O3. The van der Waals surface area contributed by atoms with E-state index in [-0.39, 0.29) is 5.63 Å². The van der Waals surface area contributed by atoms with Gasteiger partial charge in [-0.3, -0.25) is 0 Å². The molecule has 0 fully saturated rings. The molecule has 0 bridgehead atoms. The van der Waals surface area contributed by atoms with Crippen LogP contribution in [0, 0.1) is 0 Å². The van der Waals surface area contributed by atoms with Crippen molar-refractivity contribution in [2.45, 2.75) is 6.61 Å². The first kappa shape index (κ1) is 10.6. The maximum Gasteiger partial charge on any atom is 0.336 e. The summed E-state index contributed by atoms with van der Waals surface area (Å²) >= 11 is 0. The molecule has 82 valence electrons. The van der Waals surface area contributed by atoms with Gasteiger partial charge in [0, 0.05) is 11.5 Å². The summed E-state index contributed by atoms with van der Waals surface area (Å²) in [4.78, 5) is 11.0. The second-order valence-electron chi connectivity index (χ2n) is 3.43. The Balaban J connectivity index is 2.26. The topological polar surface area (TPSA) is 39.4 Å². The van der Waals surface area contributed by atoms with E-state index in [0.29, 0.717) is 18.8 Å². The van der Waals surface area contributed by atoms with Crippen LogP contribution >= 0.6 is 0 Å². The van der Waals surface area contributed by atoms with Crippen LogP contribution in [0.3, 0.4) is 0 Å². The molecule has 2 aromatic rings. The highest BCUT2D eigenvalue weighted by atomic mass is 16.5. The monoisotopic (exact) mass is 216 g/mol. The average Bonchev–Trinajstić information content (AvgIpc) is 2.29. The predicted octanol–water partition coefficient (Wildman–Crippen LogP) is 2.50. The molecule has 2 rings (SSSR count). The van der Waals surface area contributed by atoms with E-state index in [4.69, 9.17) is 9.15 Å². The molecule has 0 aliphatic carbocycles. The fourth-order valence-corrected chi connectivity index (χ4v) is 1.47. The van der Waals surface area contributed by atoms with Crippen molar-refractivity contribution in [2.75, 3.05) is 6.61 Å². The lowest BCUT2D eigenvalue weighted by Crippen LogP contribution is -1.96. The lowest BCUT2D eigenvalue weighted by atomic mass is 10.1. The SMILES string of the molecule is C=CCOCc1ccc2oc(=O)ccc2c1. The third-order valence-electron chi connectivity index (χ3n) is 2.19. The minimum Gasteiger partial charge on any atom is -0.423 e. The third-order valence-corrected chi connectivity index (χ3v) is 2.19. The summed E-state index contributed by atoms with van der Waals surface area (Å²) in [6.45, 7) is 4.64. The Morgan fingerprint density at radius 1 is 1.31 bits per heavy atom. The molecular weight excluding hydrogens is 204 g/mol. The van der Waals surface area contributed by atoms with E-state index in [2.05, 4.69) is 6.58 Å². The first-order chi connectivity index (χ1) is 7.79.